The summed E-state index contributed by atoms with van der Waals surface area (Å²) in [4.78, 5) is 14.7. The van der Waals surface area contributed by atoms with Crippen molar-refractivity contribution in [2.24, 2.45) is 5.92 Å². The molecule has 19 heavy (non-hydrogen) atoms. The minimum absolute atomic E-state index is 0.122. The molecule has 1 saturated carbocycles. The number of hydrogen-bond acceptors (Lipinski definition) is 3. The third-order valence-corrected chi connectivity index (χ3v) is 5.00. The molecule has 1 unspecified atom stereocenters. The molecule has 104 valence electrons. The van der Waals surface area contributed by atoms with E-state index in [9.17, 15) is 4.79 Å². The van der Waals surface area contributed by atoms with Crippen molar-refractivity contribution in [3.8, 4) is 0 Å². The van der Waals surface area contributed by atoms with Crippen LogP contribution in [0.25, 0.3) is 0 Å². The number of carbonyl (C=O) groups excluding carboxylic acids is 1. The van der Waals surface area contributed by atoms with E-state index < -0.39 is 0 Å². The average Bonchev–Trinajstić information content (AvgIpc) is 3.14. The van der Waals surface area contributed by atoms with E-state index in [-0.39, 0.29) is 5.91 Å². The zero-order valence-electron chi connectivity index (χ0n) is 11.6. The van der Waals surface area contributed by atoms with Gasteiger partial charge in [0, 0.05) is 36.3 Å². The van der Waals surface area contributed by atoms with Gasteiger partial charge in [-0.25, -0.2) is 0 Å². The Morgan fingerprint density at radius 3 is 2.89 bits per heavy atom. The largest absolute Gasteiger partial charge is 0.332 e. The second-order valence-electron chi connectivity index (χ2n) is 5.75. The summed E-state index contributed by atoms with van der Waals surface area (Å²) in [6, 6.07) is 2.60. The maximum absolute atomic E-state index is 12.6. The van der Waals surface area contributed by atoms with E-state index in [1.807, 2.05) is 28.7 Å². The van der Waals surface area contributed by atoms with Crippen LogP contribution in [0, 0.1) is 5.92 Å². The first-order valence-electron chi connectivity index (χ1n) is 7.10. The number of aromatic nitrogens is 2. The van der Waals surface area contributed by atoms with Gasteiger partial charge in [0.05, 0.1) is 0 Å². The van der Waals surface area contributed by atoms with Crippen LogP contribution in [-0.2, 0) is 0 Å². The quantitative estimate of drug-likeness (QED) is 0.853. The van der Waals surface area contributed by atoms with E-state index in [0.29, 0.717) is 17.8 Å². The summed E-state index contributed by atoms with van der Waals surface area (Å²) < 4.78 is 1.86. The first kappa shape index (κ1) is 13.0. The lowest BCUT2D eigenvalue weighted by Crippen LogP contribution is -2.47. The Morgan fingerprint density at radius 2 is 2.26 bits per heavy atom. The van der Waals surface area contributed by atoms with Gasteiger partial charge >= 0.3 is 0 Å². The van der Waals surface area contributed by atoms with Crippen molar-refractivity contribution < 1.29 is 4.79 Å². The summed E-state index contributed by atoms with van der Waals surface area (Å²) in [5.74, 6) is 3.02. The maximum Gasteiger partial charge on any atom is 0.274 e. The van der Waals surface area contributed by atoms with Crippen LogP contribution in [0.4, 0.5) is 0 Å². The van der Waals surface area contributed by atoms with Crippen molar-refractivity contribution in [3.05, 3.63) is 18.0 Å². The van der Waals surface area contributed by atoms with Gasteiger partial charge in [0.15, 0.2) is 0 Å². The topological polar surface area (TPSA) is 38.1 Å². The van der Waals surface area contributed by atoms with E-state index in [0.717, 1.165) is 24.0 Å². The molecule has 1 aliphatic heterocycles. The third-order valence-electron chi connectivity index (χ3n) is 3.95. The van der Waals surface area contributed by atoms with E-state index in [1.165, 1.54) is 12.8 Å². The Morgan fingerprint density at radius 1 is 1.47 bits per heavy atom. The fourth-order valence-electron chi connectivity index (χ4n) is 2.63. The van der Waals surface area contributed by atoms with E-state index in [2.05, 4.69) is 23.8 Å². The summed E-state index contributed by atoms with van der Waals surface area (Å²) in [6.45, 7) is 5.02. The summed E-state index contributed by atoms with van der Waals surface area (Å²) in [5, 5.41) is 4.42. The van der Waals surface area contributed by atoms with Crippen molar-refractivity contribution in [2.45, 2.75) is 38.8 Å². The summed E-state index contributed by atoms with van der Waals surface area (Å²) in [7, 11) is 0. The van der Waals surface area contributed by atoms with Gasteiger partial charge in [-0.2, -0.15) is 16.9 Å². The first-order valence-corrected chi connectivity index (χ1v) is 8.26. The lowest BCUT2D eigenvalue weighted by atomic mass is 10.1. The molecule has 5 heteroatoms. The predicted molar refractivity (Wildman–Crippen MR) is 77.5 cm³/mol. The van der Waals surface area contributed by atoms with Crippen molar-refractivity contribution in [1.29, 1.82) is 0 Å². The zero-order valence-corrected chi connectivity index (χ0v) is 12.4. The minimum Gasteiger partial charge on any atom is -0.332 e. The number of thioether (sulfide) groups is 1. The fourth-order valence-corrected chi connectivity index (χ4v) is 3.82. The molecule has 1 amide bonds. The lowest BCUT2D eigenvalue weighted by molar-refractivity contribution is 0.0676. The van der Waals surface area contributed by atoms with Crippen LogP contribution < -0.4 is 0 Å². The van der Waals surface area contributed by atoms with Gasteiger partial charge in [-0.15, -0.1) is 0 Å². The zero-order chi connectivity index (χ0) is 13.4. The minimum atomic E-state index is 0.122. The molecular weight excluding hydrogens is 258 g/mol. The molecule has 0 N–H and O–H groups in total. The van der Waals surface area contributed by atoms with E-state index >= 15 is 0 Å². The number of nitrogens with zero attached hydrogens (tertiary/aromatic N) is 3. The molecule has 1 saturated heterocycles. The lowest BCUT2D eigenvalue weighted by Gasteiger charge is -2.35. The average molecular weight is 279 g/mol. The highest BCUT2D eigenvalue weighted by Crippen LogP contribution is 2.38. The first-order chi connectivity index (χ1) is 9.16. The summed E-state index contributed by atoms with van der Waals surface area (Å²) in [5.41, 5.74) is 0.603. The highest BCUT2D eigenvalue weighted by Gasteiger charge is 2.39. The van der Waals surface area contributed by atoms with Crippen molar-refractivity contribution in [2.75, 3.05) is 18.1 Å². The molecule has 0 spiro atoms. The van der Waals surface area contributed by atoms with E-state index in [4.69, 9.17) is 0 Å². The van der Waals surface area contributed by atoms with Crippen LogP contribution in [0.5, 0.6) is 0 Å². The highest BCUT2D eigenvalue weighted by molar-refractivity contribution is 7.99. The monoisotopic (exact) mass is 279 g/mol. The number of hydrogen-bond donors (Lipinski definition) is 0. The molecule has 2 heterocycles. The number of amides is 1. The molecule has 1 atom stereocenters. The Balaban J connectivity index is 1.76. The Bertz CT molecular complexity index is 467. The molecule has 2 fully saturated rings. The highest BCUT2D eigenvalue weighted by atomic mass is 32.2. The number of rotatable bonds is 3. The molecule has 1 aliphatic carbocycles. The van der Waals surface area contributed by atoms with Crippen LogP contribution in [-0.4, -0.2) is 44.7 Å². The van der Waals surface area contributed by atoms with Crippen LogP contribution in [0.3, 0.4) is 0 Å². The van der Waals surface area contributed by atoms with Gasteiger partial charge in [-0.05, 0) is 38.7 Å². The third kappa shape index (κ3) is 2.66. The van der Waals surface area contributed by atoms with Gasteiger partial charge in [-0.3, -0.25) is 9.48 Å². The standard InChI is InChI=1S/C14H21N3OS/c1-10(2)17-6-5-12(15-17)14(18)16-7-8-19-9-13(16)11-3-4-11/h5-6,10-11,13H,3-4,7-9H2,1-2H3. The molecular formula is C14H21N3OS. The van der Waals surface area contributed by atoms with Crippen molar-refractivity contribution >= 4 is 17.7 Å². The van der Waals surface area contributed by atoms with Crippen LogP contribution in [0.2, 0.25) is 0 Å². The molecule has 4 nitrogen and oxygen atoms in total. The second kappa shape index (κ2) is 5.19. The molecule has 0 radical (unpaired) electrons. The Labute approximate surface area is 118 Å². The Kier molecular flexibility index (Phi) is 3.56. The molecule has 3 rings (SSSR count). The SMILES string of the molecule is CC(C)n1ccc(C(=O)N2CCSCC2C2CC2)n1. The van der Waals surface area contributed by atoms with Crippen molar-refractivity contribution in [1.82, 2.24) is 14.7 Å². The molecule has 1 aromatic rings. The van der Waals surface area contributed by atoms with E-state index in [1.54, 1.807) is 0 Å². The second-order valence-corrected chi connectivity index (χ2v) is 6.90. The van der Waals surface area contributed by atoms with Crippen LogP contribution in [0.15, 0.2) is 12.3 Å². The summed E-state index contributed by atoms with van der Waals surface area (Å²) in [6.07, 6.45) is 4.48. The fraction of sp³-hybridized carbons (Fsp3) is 0.714. The van der Waals surface area contributed by atoms with Gasteiger partial charge < -0.3 is 4.90 Å². The molecule has 0 aromatic carbocycles. The van der Waals surface area contributed by atoms with Crippen LogP contribution >= 0.6 is 11.8 Å². The van der Waals surface area contributed by atoms with Crippen LogP contribution in [0.1, 0.15) is 43.2 Å². The Hall–Kier alpha value is -0.970. The van der Waals surface area contributed by atoms with Gasteiger partial charge in [0.1, 0.15) is 5.69 Å². The van der Waals surface area contributed by atoms with Gasteiger partial charge in [-0.1, -0.05) is 0 Å². The number of carbonyl (C=O) groups is 1. The van der Waals surface area contributed by atoms with Crippen molar-refractivity contribution in [3.63, 3.8) is 0 Å². The normalized spacial score (nSPS) is 23.9. The maximum atomic E-state index is 12.6. The molecule has 0 bridgehead atoms. The summed E-state index contributed by atoms with van der Waals surface area (Å²) >= 11 is 1.98. The predicted octanol–water partition coefficient (Wildman–Crippen LogP) is 2.43. The van der Waals surface area contributed by atoms with Gasteiger partial charge in [0.2, 0.25) is 0 Å². The molecule has 1 aromatic heterocycles. The van der Waals surface area contributed by atoms with Gasteiger partial charge in [0.25, 0.3) is 5.91 Å². The molecule has 2 aliphatic rings. The smallest absolute Gasteiger partial charge is 0.274 e.